The molecular formula is C30H44N6O2. The molecule has 0 spiro atoms. The molecule has 2 aliphatic heterocycles. The fraction of sp³-hybridized carbons (Fsp3) is 0.567. The molecule has 38 heavy (non-hydrogen) atoms. The quantitative estimate of drug-likeness (QED) is 0.582. The van der Waals surface area contributed by atoms with E-state index in [-0.39, 0.29) is 11.8 Å². The van der Waals surface area contributed by atoms with E-state index in [1.165, 1.54) is 0 Å². The minimum absolute atomic E-state index is 0.164. The predicted octanol–water partition coefficient (Wildman–Crippen LogP) is 3.34. The van der Waals surface area contributed by atoms with Crippen LogP contribution in [0.25, 0.3) is 0 Å². The van der Waals surface area contributed by atoms with Crippen molar-refractivity contribution in [3.63, 3.8) is 0 Å². The van der Waals surface area contributed by atoms with Crippen molar-refractivity contribution >= 4 is 23.3 Å². The Morgan fingerprint density at radius 2 is 1.63 bits per heavy atom. The van der Waals surface area contributed by atoms with Gasteiger partial charge in [0.2, 0.25) is 11.8 Å². The third-order valence-electron chi connectivity index (χ3n) is 7.54. The summed E-state index contributed by atoms with van der Waals surface area (Å²) in [6.07, 6.45) is 3.78. The first-order valence-electron chi connectivity index (χ1n) is 14.1. The molecule has 0 bridgehead atoms. The minimum Gasteiger partial charge on any atom is -0.354 e. The van der Waals surface area contributed by atoms with Crippen molar-refractivity contribution in [1.29, 1.82) is 0 Å². The maximum absolute atomic E-state index is 13.5. The van der Waals surface area contributed by atoms with Gasteiger partial charge in [0.15, 0.2) is 0 Å². The summed E-state index contributed by atoms with van der Waals surface area (Å²) in [6.45, 7) is 12.3. The highest BCUT2D eigenvalue weighted by Gasteiger charge is 2.24. The zero-order valence-corrected chi connectivity index (χ0v) is 23.4. The van der Waals surface area contributed by atoms with Gasteiger partial charge in [0, 0.05) is 83.6 Å². The number of nitrogens with zero attached hydrogens (tertiary/aromatic N) is 6. The largest absolute Gasteiger partial charge is 0.354 e. The summed E-state index contributed by atoms with van der Waals surface area (Å²) in [4.78, 5) is 42.2. The molecule has 0 saturated carbocycles. The average Bonchev–Trinajstić information content (AvgIpc) is 2.95. The number of carbonyl (C=O) groups excluding carboxylic acids is 2. The zero-order valence-electron chi connectivity index (χ0n) is 23.4. The predicted molar refractivity (Wildman–Crippen MR) is 153 cm³/mol. The molecule has 206 valence electrons. The third kappa shape index (κ3) is 7.77. The number of anilines is 2. The number of pyridine rings is 1. The van der Waals surface area contributed by atoms with Gasteiger partial charge in [0.05, 0.1) is 0 Å². The lowest BCUT2D eigenvalue weighted by atomic mass is 10.1. The topological polar surface area (TPSA) is 63.2 Å². The molecule has 2 amide bonds. The summed E-state index contributed by atoms with van der Waals surface area (Å²) >= 11 is 0. The van der Waals surface area contributed by atoms with Crippen LogP contribution in [0.5, 0.6) is 0 Å². The number of amides is 2. The molecule has 0 atom stereocenters. The molecular weight excluding hydrogens is 476 g/mol. The monoisotopic (exact) mass is 520 g/mol. The molecule has 0 unspecified atom stereocenters. The molecule has 4 rings (SSSR count). The third-order valence-corrected chi connectivity index (χ3v) is 7.54. The number of fused-ring (bicyclic) bond motifs is 1. The van der Waals surface area contributed by atoms with Crippen molar-refractivity contribution in [1.82, 2.24) is 19.7 Å². The number of para-hydroxylation sites is 1. The Kier molecular flexibility index (Phi) is 10.1. The summed E-state index contributed by atoms with van der Waals surface area (Å²) in [5, 5.41) is 0. The van der Waals surface area contributed by atoms with Crippen molar-refractivity contribution in [2.24, 2.45) is 5.92 Å². The van der Waals surface area contributed by atoms with Crippen molar-refractivity contribution in [2.45, 2.75) is 39.7 Å². The highest BCUT2D eigenvalue weighted by molar-refractivity contribution is 5.94. The van der Waals surface area contributed by atoms with Crippen molar-refractivity contribution < 1.29 is 9.59 Å². The molecule has 1 fully saturated rings. The van der Waals surface area contributed by atoms with Gasteiger partial charge in [-0.1, -0.05) is 38.1 Å². The van der Waals surface area contributed by atoms with Crippen molar-refractivity contribution in [3.8, 4) is 0 Å². The number of hydrogen-bond donors (Lipinski definition) is 0. The number of benzene rings is 1. The first-order chi connectivity index (χ1) is 18.4. The maximum atomic E-state index is 13.5. The van der Waals surface area contributed by atoms with Crippen molar-refractivity contribution in [2.75, 3.05) is 75.8 Å². The van der Waals surface area contributed by atoms with E-state index in [9.17, 15) is 9.59 Å². The minimum atomic E-state index is 0.164. The number of hydrogen-bond acceptors (Lipinski definition) is 6. The van der Waals surface area contributed by atoms with Gasteiger partial charge in [0.1, 0.15) is 5.82 Å². The van der Waals surface area contributed by atoms with E-state index in [1.807, 2.05) is 46.3 Å². The van der Waals surface area contributed by atoms with E-state index in [2.05, 4.69) is 52.7 Å². The lowest BCUT2D eigenvalue weighted by molar-refractivity contribution is -0.132. The lowest BCUT2D eigenvalue weighted by Crippen LogP contribution is -2.47. The van der Waals surface area contributed by atoms with Gasteiger partial charge in [-0.15, -0.1) is 0 Å². The number of likely N-dealkylation sites (N-methyl/N-ethyl adjacent to an activating group) is 1. The SMILES string of the molecule is CC(C)CC(=O)N1CCCN(C)CCN(C(=O)CCN2CCN(c3ccccn3)CC2)Cc2ccccc21. The molecule has 0 radical (unpaired) electrons. The second-order valence-corrected chi connectivity index (χ2v) is 11.0. The first kappa shape index (κ1) is 28.0. The Hall–Kier alpha value is -2.97. The standard InChI is InChI=1S/C30H44N6O2/c1-25(2)23-30(38)36-15-8-14-32(3)17-20-35(24-26-9-4-5-10-27(26)36)29(37)12-16-33-18-21-34(22-19-33)28-11-6-7-13-31-28/h4-7,9-11,13,25H,8,12,14-24H2,1-3H3. The molecule has 0 aliphatic carbocycles. The Labute approximate surface area is 228 Å². The highest BCUT2D eigenvalue weighted by atomic mass is 16.2. The fourth-order valence-electron chi connectivity index (χ4n) is 5.30. The van der Waals surface area contributed by atoms with Gasteiger partial charge in [-0.05, 0) is 49.7 Å². The van der Waals surface area contributed by atoms with Crippen LogP contribution in [0.15, 0.2) is 48.7 Å². The Balaban J connectivity index is 1.41. The molecule has 0 N–H and O–H groups in total. The van der Waals surface area contributed by atoms with Gasteiger partial charge in [-0.25, -0.2) is 4.98 Å². The van der Waals surface area contributed by atoms with Crippen LogP contribution >= 0.6 is 0 Å². The second kappa shape index (κ2) is 13.7. The molecule has 8 heteroatoms. The van der Waals surface area contributed by atoms with Crippen LogP contribution in [0.2, 0.25) is 0 Å². The first-order valence-corrected chi connectivity index (χ1v) is 14.1. The summed E-state index contributed by atoms with van der Waals surface area (Å²) in [7, 11) is 2.11. The van der Waals surface area contributed by atoms with Crippen LogP contribution in [0.4, 0.5) is 11.5 Å². The van der Waals surface area contributed by atoms with E-state index in [4.69, 9.17) is 0 Å². The van der Waals surface area contributed by atoms with Crippen LogP contribution in [-0.4, -0.2) is 97.4 Å². The van der Waals surface area contributed by atoms with Gasteiger partial charge < -0.3 is 19.6 Å². The van der Waals surface area contributed by atoms with Crippen LogP contribution < -0.4 is 9.80 Å². The molecule has 2 aliphatic rings. The summed E-state index contributed by atoms with van der Waals surface area (Å²) < 4.78 is 0. The van der Waals surface area contributed by atoms with E-state index in [1.54, 1.807) is 0 Å². The van der Waals surface area contributed by atoms with E-state index >= 15 is 0 Å². The summed E-state index contributed by atoms with van der Waals surface area (Å²) in [5.74, 6) is 1.67. The molecule has 2 aromatic rings. The number of aromatic nitrogens is 1. The van der Waals surface area contributed by atoms with Crippen LogP contribution in [0.1, 0.15) is 38.7 Å². The van der Waals surface area contributed by atoms with Crippen molar-refractivity contribution in [3.05, 3.63) is 54.2 Å². The van der Waals surface area contributed by atoms with E-state index in [0.717, 1.165) is 69.3 Å². The smallest absolute Gasteiger partial charge is 0.227 e. The van der Waals surface area contributed by atoms with E-state index in [0.29, 0.717) is 38.4 Å². The maximum Gasteiger partial charge on any atom is 0.227 e. The van der Waals surface area contributed by atoms with Crippen LogP contribution in [-0.2, 0) is 16.1 Å². The number of rotatable bonds is 6. The molecule has 1 saturated heterocycles. The molecule has 3 heterocycles. The lowest BCUT2D eigenvalue weighted by Gasteiger charge is -2.35. The summed E-state index contributed by atoms with van der Waals surface area (Å²) in [5.41, 5.74) is 2.00. The highest BCUT2D eigenvalue weighted by Crippen LogP contribution is 2.25. The number of piperazine rings is 1. The van der Waals surface area contributed by atoms with E-state index < -0.39 is 0 Å². The second-order valence-electron chi connectivity index (χ2n) is 11.0. The van der Waals surface area contributed by atoms with Gasteiger partial charge in [-0.3, -0.25) is 14.5 Å². The fourth-order valence-corrected chi connectivity index (χ4v) is 5.30. The zero-order chi connectivity index (χ0) is 26.9. The van der Waals surface area contributed by atoms with Gasteiger partial charge in [-0.2, -0.15) is 0 Å². The Bertz CT molecular complexity index is 1040. The normalized spacial score (nSPS) is 18.3. The van der Waals surface area contributed by atoms with Gasteiger partial charge >= 0.3 is 0 Å². The molecule has 8 nitrogen and oxygen atoms in total. The van der Waals surface area contributed by atoms with Crippen LogP contribution in [0.3, 0.4) is 0 Å². The van der Waals surface area contributed by atoms with Gasteiger partial charge in [0.25, 0.3) is 0 Å². The Morgan fingerprint density at radius 1 is 0.868 bits per heavy atom. The molecule has 1 aromatic heterocycles. The van der Waals surface area contributed by atoms with Crippen LogP contribution in [0, 0.1) is 5.92 Å². The summed E-state index contributed by atoms with van der Waals surface area (Å²) in [6, 6.07) is 14.1. The Morgan fingerprint density at radius 3 is 2.37 bits per heavy atom. The average molecular weight is 521 g/mol. The molecule has 1 aromatic carbocycles. The number of carbonyl (C=O) groups is 2.